The highest BCUT2D eigenvalue weighted by Gasteiger charge is 2.23. The second-order valence-electron chi connectivity index (χ2n) is 5.64. The summed E-state index contributed by atoms with van der Waals surface area (Å²) in [6.45, 7) is 2.27. The second kappa shape index (κ2) is 6.03. The molecule has 5 nitrogen and oxygen atoms in total. The smallest absolute Gasteiger partial charge is 0.280 e. The first kappa shape index (κ1) is 14.5. The van der Waals surface area contributed by atoms with Crippen LogP contribution in [0.15, 0.2) is 18.2 Å². The summed E-state index contributed by atoms with van der Waals surface area (Å²) in [6.07, 6.45) is 5.24. The number of benzene rings is 1. The molecule has 20 heavy (non-hydrogen) atoms. The van der Waals surface area contributed by atoms with Gasteiger partial charge in [-0.2, -0.15) is 0 Å². The van der Waals surface area contributed by atoms with Gasteiger partial charge >= 0.3 is 0 Å². The van der Waals surface area contributed by atoms with Crippen LogP contribution in [0.5, 0.6) is 0 Å². The molecule has 0 N–H and O–H groups in total. The summed E-state index contributed by atoms with van der Waals surface area (Å²) in [5.74, 6) is 0.780. The Balaban J connectivity index is 2.20. The van der Waals surface area contributed by atoms with Crippen LogP contribution in [0.4, 0.5) is 11.4 Å². The fraction of sp³-hybridized carbons (Fsp3) is 0.533. The van der Waals surface area contributed by atoms with Crippen molar-refractivity contribution in [2.45, 2.75) is 38.6 Å². The van der Waals surface area contributed by atoms with E-state index in [1.165, 1.54) is 18.9 Å². The minimum absolute atomic E-state index is 0.130. The molecule has 2 rings (SSSR count). The van der Waals surface area contributed by atoms with E-state index < -0.39 is 4.92 Å². The number of nitro groups is 1. The van der Waals surface area contributed by atoms with Gasteiger partial charge in [-0.25, -0.2) is 0 Å². The number of carbonyl (C=O) groups is 1. The van der Waals surface area contributed by atoms with Crippen LogP contribution in [0, 0.1) is 16.0 Å². The van der Waals surface area contributed by atoms with Crippen molar-refractivity contribution in [2.75, 3.05) is 11.9 Å². The Bertz CT molecular complexity index is 508. The highest BCUT2D eigenvalue weighted by Crippen LogP contribution is 2.31. The Morgan fingerprint density at radius 3 is 2.50 bits per heavy atom. The third kappa shape index (κ3) is 2.98. The lowest BCUT2D eigenvalue weighted by atomic mass is 9.86. The van der Waals surface area contributed by atoms with Crippen LogP contribution in [0.3, 0.4) is 0 Å². The number of carbonyl (C=O) groups excluding carboxylic acids is 1. The Morgan fingerprint density at radius 2 is 1.95 bits per heavy atom. The lowest BCUT2D eigenvalue weighted by Gasteiger charge is -2.35. The first-order chi connectivity index (χ1) is 9.52. The number of hydrogen-bond donors (Lipinski definition) is 0. The maximum Gasteiger partial charge on any atom is 0.280 e. The summed E-state index contributed by atoms with van der Waals surface area (Å²) in [7, 11) is 2.00. The van der Waals surface area contributed by atoms with Gasteiger partial charge < -0.3 is 4.90 Å². The molecule has 0 bridgehead atoms. The van der Waals surface area contributed by atoms with Crippen molar-refractivity contribution in [3.8, 4) is 0 Å². The van der Waals surface area contributed by atoms with Crippen LogP contribution in [0.25, 0.3) is 0 Å². The van der Waals surface area contributed by atoms with Crippen molar-refractivity contribution in [3.05, 3.63) is 33.9 Å². The van der Waals surface area contributed by atoms with Gasteiger partial charge in [0, 0.05) is 24.8 Å². The Hall–Kier alpha value is -1.91. The first-order valence-corrected chi connectivity index (χ1v) is 6.99. The van der Waals surface area contributed by atoms with Crippen molar-refractivity contribution in [3.63, 3.8) is 0 Å². The van der Waals surface area contributed by atoms with Crippen LogP contribution in [0.2, 0.25) is 0 Å². The average Bonchev–Trinajstić information content (AvgIpc) is 2.46. The molecule has 5 heteroatoms. The zero-order valence-electron chi connectivity index (χ0n) is 11.9. The van der Waals surface area contributed by atoms with Gasteiger partial charge in [0.1, 0.15) is 0 Å². The highest BCUT2D eigenvalue weighted by atomic mass is 16.6. The quantitative estimate of drug-likeness (QED) is 0.480. The number of anilines is 1. The fourth-order valence-electron chi connectivity index (χ4n) is 2.86. The Labute approximate surface area is 118 Å². The summed E-state index contributed by atoms with van der Waals surface area (Å²) in [6, 6.07) is 5.21. The maximum absolute atomic E-state index is 11.0. The van der Waals surface area contributed by atoms with Gasteiger partial charge in [-0.3, -0.25) is 14.9 Å². The van der Waals surface area contributed by atoms with Crippen molar-refractivity contribution >= 4 is 17.7 Å². The molecular weight excluding hydrogens is 256 g/mol. The molecular formula is C15H20N2O3. The molecule has 0 aromatic heterocycles. The molecule has 1 saturated carbocycles. The number of hydrogen-bond acceptors (Lipinski definition) is 4. The van der Waals surface area contributed by atoms with Gasteiger partial charge in [-0.15, -0.1) is 0 Å². The fourth-order valence-corrected chi connectivity index (χ4v) is 2.86. The molecule has 1 aliphatic rings. The van der Waals surface area contributed by atoms with E-state index in [0.717, 1.165) is 24.4 Å². The highest BCUT2D eigenvalue weighted by molar-refractivity contribution is 5.83. The molecule has 0 spiro atoms. The van der Waals surface area contributed by atoms with Gasteiger partial charge in [0.25, 0.3) is 5.69 Å². The largest absolute Gasteiger partial charge is 0.372 e. The lowest BCUT2D eigenvalue weighted by Crippen LogP contribution is -2.34. The molecule has 0 atom stereocenters. The Kier molecular flexibility index (Phi) is 4.37. The molecule has 0 saturated heterocycles. The number of rotatable bonds is 4. The molecule has 108 valence electrons. The van der Waals surface area contributed by atoms with Crippen LogP contribution in [-0.4, -0.2) is 24.3 Å². The molecule has 0 heterocycles. The van der Waals surface area contributed by atoms with Crippen LogP contribution >= 0.6 is 0 Å². The van der Waals surface area contributed by atoms with E-state index in [1.54, 1.807) is 12.1 Å². The summed E-state index contributed by atoms with van der Waals surface area (Å²) in [5, 5.41) is 10.8. The molecule has 1 aliphatic carbocycles. The predicted octanol–water partition coefficient (Wildman–Crippen LogP) is 3.42. The second-order valence-corrected chi connectivity index (χ2v) is 5.64. The van der Waals surface area contributed by atoms with Crippen molar-refractivity contribution in [2.24, 2.45) is 5.92 Å². The number of nitrogens with zero attached hydrogens (tertiary/aromatic N) is 2. The first-order valence-electron chi connectivity index (χ1n) is 6.99. The third-order valence-corrected chi connectivity index (χ3v) is 4.28. The monoisotopic (exact) mass is 276 g/mol. The van der Waals surface area contributed by atoms with Gasteiger partial charge in [-0.05, 0) is 43.7 Å². The minimum atomic E-state index is -0.518. The van der Waals surface area contributed by atoms with Gasteiger partial charge in [0.05, 0.1) is 10.5 Å². The molecule has 0 unspecified atom stereocenters. The SMILES string of the molecule is CC1CCC(N(C)c2ccc([N+](=O)[O-])c(C=O)c2)CC1. The van der Waals surface area contributed by atoms with E-state index in [9.17, 15) is 14.9 Å². The lowest BCUT2D eigenvalue weighted by molar-refractivity contribution is -0.385. The maximum atomic E-state index is 11.0. The molecule has 1 aromatic carbocycles. The van der Waals surface area contributed by atoms with Gasteiger partial charge in [0.2, 0.25) is 0 Å². The molecule has 1 aromatic rings. The van der Waals surface area contributed by atoms with Crippen LogP contribution in [0.1, 0.15) is 43.0 Å². The van der Waals surface area contributed by atoms with Crippen molar-refractivity contribution in [1.29, 1.82) is 0 Å². The minimum Gasteiger partial charge on any atom is -0.372 e. The van der Waals surface area contributed by atoms with E-state index in [1.807, 2.05) is 7.05 Å². The number of nitro benzene ring substituents is 1. The zero-order valence-corrected chi connectivity index (χ0v) is 11.9. The molecule has 1 fully saturated rings. The van der Waals surface area contributed by atoms with Crippen molar-refractivity contribution < 1.29 is 9.72 Å². The van der Waals surface area contributed by atoms with E-state index in [0.29, 0.717) is 12.3 Å². The summed E-state index contributed by atoms with van der Waals surface area (Å²) < 4.78 is 0. The molecule has 0 radical (unpaired) electrons. The average molecular weight is 276 g/mol. The van der Waals surface area contributed by atoms with E-state index >= 15 is 0 Å². The van der Waals surface area contributed by atoms with E-state index in [4.69, 9.17) is 0 Å². The molecule has 0 aliphatic heterocycles. The van der Waals surface area contributed by atoms with E-state index in [2.05, 4.69) is 11.8 Å². The van der Waals surface area contributed by atoms with Crippen LogP contribution in [-0.2, 0) is 0 Å². The predicted molar refractivity (Wildman–Crippen MR) is 78.3 cm³/mol. The number of aldehydes is 1. The standard InChI is InChI=1S/C15H20N2O3/c1-11-3-5-13(6-4-11)16(2)14-7-8-15(17(19)20)12(9-14)10-18/h7-11,13H,3-6H2,1-2H3. The molecule has 0 amide bonds. The summed E-state index contributed by atoms with van der Waals surface area (Å²) in [5.41, 5.74) is 0.884. The normalized spacial score (nSPS) is 22.3. The van der Waals surface area contributed by atoms with Crippen LogP contribution < -0.4 is 4.90 Å². The topological polar surface area (TPSA) is 63.4 Å². The Morgan fingerprint density at radius 1 is 1.30 bits per heavy atom. The van der Waals surface area contributed by atoms with Gasteiger partial charge in [0.15, 0.2) is 6.29 Å². The van der Waals surface area contributed by atoms with Gasteiger partial charge in [-0.1, -0.05) is 6.92 Å². The van der Waals surface area contributed by atoms with E-state index in [-0.39, 0.29) is 11.3 Å². The zero-order chi connectivity index (χ0) is 14.7. The summed E-state index contributed by atoms with van der Waals surface area (Å²) >= 11 is 0. The third-order valence-electron chi connectivity index (χ3n) is 4.28. The summed E-state index contributed by atoms with van der Waals surface area (Å²) in [4.78, 5) is 23.5. The van der Waals surface area contributed by atoms with Crippen molar-refractivity contribution in [1.82, 2.24) is 0 Å².